The number of nitrogens with zero attached hydrogens (tertiary/aromatic N) is 2. The lowest BCUT2D eigenvalue weighted by Gasteiger charge is -2.27. The molecule has 0 aromatic heterocycles. The van der Waals surface area contributed by atoms with E-state index in [0.29, 0.717) is 24.6 Å². The second-order valence-electron chi connectivity index (χ2n) is 7.18. The Kier molecular flexibility index (Phi) is 5.95. The zero-order valence-electron chi connectivity index (χ0n) is 17.3. The van der Waals surface area contributed by atoms with Crippen molar-refractivity contribution >= 4 is 27.3 Å². The van der Waals surface area contributed by atoms with E-state index in [9.17, 15) is 13.2 Å². The van der Waals surface area contributed by atoms with E-state index < -0.39 is 10.0 Å². The lowest BCUT2D eigenvalue weighted by atomic mass is 10.2. The minimum atomic E-state index is -3.96. The first-order valence-corrected chi connectivity index (χ1v) is 11.6. The summed E-state index contributed by atoms with van der Waals surface area (Å²) in [6.45, 7) is 2.62. The number of benzene rings is 3. The third-order valence-corrected chi connectivity index (χ3v) is 7.02. The molecule has 160 valence electrons. The van der Waals surface area contributed by atoms with Gasteiger partial charge in [-0.2, -0.15) is 0 Å². The fraction of sp³-hybridized carbons (Fsp3) is 0.208. The van der Waals surface area contributed by atoms with Gasteiger partial charge in [0.2, 0.25) is 5.91 Å². The lowest BCUT2D eigenvalue weighted by molar-refractivity contribution is -0.117. The molecule has 0 saturated carbocycles. The molecule has 0 unspecified atom stereocenters. The van der Waals surface area contributed by atoms with Crippen LogP contribution in [0.5, 0.6) is 5.75 Å². The fourth-order valence-corrected chi connectivity index (χ4v) is 5.13. The van der Waals surface area contributed by atoms with Crippen molar-refractivity contribution in [2.24, 2.45) is 0 Å². The maximum atomic E-state index is 13.5. The second-order valence-corrected chi connectivity index (χ2v) is 9.04. The predicted octanol–water partition coefficient (Wildman–Crippen LogP) is 3.87. The molecule has 4 rings (SSSR count). The zero-order chi connectivity index (χ0) is 21.8. The van der Waals surface area contributed by atoms with Gasteiger partial charge in [-0.3, -0.25) is 9.10 Å². The number of fused-ring (bicyclic) bond motifs is 1. The Morgan fingerprint density at radius 3 is 2.35 bits per heavy atom. The van der Waals surface area contributed by atoms with Gasteiger partial charge in [-0.25, -0.2) is 8.42 Å². The van der Waals surface area contributed by atoms with Crippen LogP contribution in [-0.2, 0) is 21.2 Å². The second kappa shape index (κ2) is 8.81. The molecule has 0 saturated heterocycles. The Labute approximate surface area is 182 Å². The molecular weight excluding hydrogens is 412 g/mol. The van der Waals surface area contributed by atoms with E-state index in [1.54, 1.807) is 41.3 Å². The Hall–Kier alpha value is -3.32. The van der Waals surface area contributed by atoms with E-state index in [0.717, 1.165) is 17.7 Å². The number of para-hydroxylation sites is 2. The maximum Gasteiger partial charge on any atom is 0.264 e. The Balaban J connectivity index is 1.66. The summed E-state index contributed by atoms with van der Waals surface area (Å²) in [6.07, 6.45) is 0.763. The number of hydrogen-bond acceptors (Lipinski definition) is 4. The van der Waals surface area contributed by atoms with Gasteiger partial charge >= 0.3 is 0 Å². The van der Waals surface area contributed by atoms with Crippen molar-refractivity contribution in [2.45, 2.75) is 18.2 Å². The van der Waals surface area contributed by atoms with Gasteiger partial charge in [-0.15, -0.1) is 0 Å². The van der Waals surface area contributed by atoms with Crippen molar-refractivity contribution in [1.82, 2.24) is 0 Å². The number of carbonyl (C=O) groups is 1. The summed E-state index contributed by atoms with van der Waals surface area (Å²) in [4.78, 5) is 15.0. The van der Waals surface area contributed by atoms with Crippen LogP contribution in [0.1, 0.15) is 12.5 Å². The van der Waals surface area contributed by atoms with E-state index in [1.807, 2.05) is 37.3 Å². The maximum absolute atomic E-state index is 13.5. The van der Waals surface area contributed by atoms with Gasteiger partial charge in [-0.05, 0) is 61.4 Å². The fourth-order valence-electron chi connectivity index (χ4n) is 3.72. The van der Waals surface area contributed by atoms with Crippen molar-refractivity contribution in [1.29, 1.82) is 0 Å². The molecule has 0 bridgehead atoms. The summed E-state index contributed by atoms with van der Waals surface area (Å²) in [5.74, 6) is 0.334. The molecule has 0 radical (unpaired) electrons. The van der Waals surface area contributed by atoms with Crippen LogP contribution < -0.4 is 13.9 Å². The highest BCUT2D eigenvalue weighted by Gasteiger charge is 2.31. The number of amides is 1. The van der Waals surface area contributed by atoms with Gasteiger partial charge in [0.15, 0.2) is 0 Å². The SMILES string of the molecule is CCOc1ccc(S(=O)(=O)N(CC(=O)N2CCc3ccccc32)c2ccccc2)cc1. The molecule has 31 heavy (non-hydrogen) atoms. The van der Waals surface area contributed by atoms with Crippen molar-refractivity contribution in [2.75, 3.05) is 28.9 Å². The molecule has 3 aromatic carbocycles. The molecule has 3 aromatic rings. The molecule has 0 spiro atoms. The largest absolute Gasteiger partial charge is 0.494 e. The zero-order valence-corrected chi connectivity index (χ0v) is 18.1. The molecule has 1 amide bonds. The van der Waals surface area contributed by atoms with Gasteiger partial charge in [0.25, 0.3) is 10.0 Å². The van der Waals surface area contributed by atoms with Gasteiger partial charge < -0.3 is 9.64 Å². The third-order valence-electron chi connectivity index (χ3n) is 5.23. The number of ether oxygens (including phenoxy) is 1. The molecular formula is C24H24N2O4S. The smallest absolute Gasteiger partial charge is 0.264 e. The summed E-state index contributed by atoms with van der Waals surface area (Å²) in [7, 11) is -3.96. The van der Waals surface area contributed by atoms with E-state index >= 15 is 0 Å². The predicted molar refractivity (Wildman–Crippen MR) is 121 cm³/mol. The van der Waals surface area contributed by atoms with Gasteiger partial charge in [0, 0.05) is 12.2 Å². The monoisotopic (exact) mass is 436 g/mol. The highest BCUT2D eigenvalue weighted by atomic mass is 32.2. The van der Waals surface area contributed by atoms with Gasteiger partial charge in [-0.1, -0.05) is 36.4 Å². The van der Waals surface area contributed by atoms with Crippen molar-refractivity contribution in [3.63, 3.8) is 0 Å². The molecule has 0 atom stereocenters. The van der Waals surface area contributed by atoms with Crippen LogP contribution in [0, 0.1) is 0 Å². The molecule has 0 fully saturated rings. The highest BCUT2D eigenvalue weighted by Crippen LogP contribution is 2.29. The van der Waals surface area contributed by atoms with E-state index in [4.69, 9.17) is 4.74 Å². The van der Waals surface area contributed by atoms with Crippen LogP contribution in [-0.4, -0.2) is 34.0 Å². The van der Waals surface area contributed by atoms with Crippen LogP contribution in [0.3, 0.4) is 0 Å². The van der Waals surface area contributed by atoms with E-state index in [2.05, 4.69) is 0 Å². The average molecular weight is 437 g/mol. The number of sulfonamides is 1. The summed E-state index contributed by atoms with van der Waals surface area (Å²) in [5, 5.41) is 0. The molecule has 1 aliphatic heterocycles. The highest BCUT2D eigenvalue weighted by molar-refractivity contribution is 7.92. The van der Waals surface area contributed by atoms with Crippen LogP contribution in [0.2, 0.25) is 0 Å². The summed E-state index contributed by atoms with van der Waals surface area (Å²) < 4.78 is 33.6. The van der Waals surface area contributed by atoms with Crippen molar-refractivity contribution < 1.29 is 17.9 Å². The molecule has 0 aliphatic carbocycles. The van der Waals surface area contributed by atoms with Crippen LogP contribution in [0.25, 0.3) is 0 Å². The quantitative estimate of drug-likeness (QED) is 0.564. The summed E-state index contributed by atoms with van der Waals surface area (Å²) in [5.41, 5.74) is 2.38. The molecule has 6 nitrogen and oxygen atoms in total. The van der Waals surface area contributed by atoms with Gasteiger partial charge in [0.1, 0.15) is 12.3 Å². The molecule has 1 heterocycles. The number of anilines is 2. The number of hydrogen-bond donors (Lipinski definition) is 0. The summed E-state index contributed by atoms with van der Waals surface area (Å²) in [6, 6.07) is 22.7. The van der Waals surface area contributed by atoms with Crippen molar-refractivity contribution in [3.8, 4) is 5.75 Å². The number of carbonyl (C=O) groups excluding carboxylic acids is 1. The van der Waals surface area contributed by atoms with Crippen molar-refractivity contribution in [3.05, 3.63) is 84.4 Å². The standard InChI is InChI=1S/C24H24N2O4S/c1-2-30-21-12-14-22(15-13-21)31(28,29)26(20-9-4-3-5-10-20)18-24(27)25-17-16-19-8-6-7-11-23(19)25/h3-15H,2,16-18H2,1H3. The minimum Gasteiger partial charge on any atom is -0.494 e. The minimum absolute atomic E-state index is 0.106. The van der Waals surface area contributed by atoms with E-state index in [-0.39, 0.29) is 17.3 Å². The first-order valence-electron chi connectivity index (χ1n) is 10.2. The Morgan fingerprint density at radius 2 is 1.65 bits per heavy atom. The summed E-state index contributed by atoms with van der Waals surface area (Å²) >= 11 is 0. The van der Waals surface area contributed by atoms with Crippen LogP contribution in [0.15, 0.2) is 83.8 Å². The molecule has 7 heteroatoms. The molecule has 1 aliphatic rings. The van der Waals surface area contributed by atoms with Crippen LogP contribution in [0.4, 0.5) is 11.4 Å². The molecule has 0 N–H and O–H groups in total. The Morgan fingerprint density at radius 1 is 0.968 bits per heavy atom. The van der Waals surface area contributed by atoms with Gasteiger partial charge in [0.05, 0.1) is 17.2 Å². The number of rotatable bonds is 7. The normalized spacial score (nSPS) is 13.0. The lowest BCUT2D eigenvalue weighted by Crippen LogP contribution is -2.42. The van der Waals surface area contributed by atoms with Crippen LogP contribution >= 0.6 is 0 Å². The first kappa shape index (κ1) is 20.9. The average Bonchev–Trinajstić information content (AvgIpc) is 3.23. The Bertz CT molecular complexity index is 1160. The topological polar surface area (TPSA) is 66.9 Å². The first-order chi connectivity index (χ1) is 15.0. The third kappa shape index (κ3) is 4.27. The van der Waals surface area contributed by atoms with E-state index in [1.165, 1.54) is 16.4 Å².